The second kappa shape index (κ2) is 11.6. The molecule has 0 unspecified atom stereocenters. The van der Waals surface area contributed by atoms with Crippen molar-refractivity contribution >= 4 is 60.5 Å². The quantitative estimate of drug-likeness (QED) is 0.181. The molecule has 0 amide bonds. The summed E-state index contributed by atoms with van der Waals surface area (Å²) < 4.78 is 6.61. The average molecular weight is 676 g/mol. The van der Waals surface area contributed by atoms with Crippen LogP contribution in [-0.2, 0) is 5.41 Å². The van der Waals surface area contributed by atoms with Crippen LogP contribution >= 0.6 is 0 Å². The predicted molar refractivity (Wildman–Crippen MR) is 221 cm³/mol. The van der Waals surface area contributed by atoms with Gasteiger partial charge >= 0.3 is 0 Å². The largest absolute Gasteiger partial charge is 0.454 e. The van der Waals surface area contributed by atoms with E-state index in [1.54, 1.807) is 0 Å². The molecule has 0 aliphatic heterocycles. The van der Waals surface area contributed by atoms with Crippen LogP contribution in [0.25, 0.3) is 54.6 Å². The standard InChI is InChI=1S/C51H33NO/c1-4-16-36(17-5-1)51(37-18-6-2-7-19-37)48-40-22-11-10-15-34(40)27-30-43(48)44-31-28-35-33-39(29-32-41(35)49(44)51)52(38-20-8-3-9-21-38)46-25-14-24-45-42-23-12-13-26-47(42)53-50(45)46/h1-33H. The lowest BCUT2D eigenvalue weighted by Gasteiger charge is -2.35. The van der Waals surface area contributed by atoms with E-state index in [0.717, 1.165) is 39.0 Å². The van der Waals surface area contributed by atoms with E-state index in [9.17, 15) is 0 Å². The Morgan fingerprint density at radius 3 is 1.66 bits per heavy atom. The van der Waals surface area contributed by atoms with Gasteiger partial charge in [-0.1, -0.05) is 164 Å². The summed E-state index contributed by atoms with van der Waals surface area (Å²) in [6, 6.07) is 72.8. The van der Waals surface area contributed by atoms with Gasteiger partial charge in [0.15, 0.2) is 5.58 Å². The molecule has 1 aromatic heterocycles. The van der Waals surface area contributed by atoms with Crippen LogP contribution in [-0.4, -0.2) is 0 Å². The maximum Gasteiger partial charge on any atom is 0.159 e. The van der Waals surface area contributed by atoms with Crippen molar-refractivity contribution in [1.29, 1.82) is 0 Å². The third kappa shape index (κ3) is 4.27. The number of nitrogens with zero attached hydrogens (tertiary/aromatic N) is 1. The second-order valence-corrected chi connectivity index (χ2v) is 14.0. The van der Waals surface area contributed by atoms with Crippen molar-refractivity contribution < 1.29 is 4.42 Å². The fraction of sp³-hybridized carbons (Fsp3) is 0.0196. The number of rotatable bonds is 5. The first-order valence-electron chi connectivity index (χ1n) is 18.3. The Morgan fingerprint density at radius 1 is 0.377 bits per heavy atom. The molecule has 11 rings (SSSR count). The molecule has 248 valence electrons. The molecule has 9 aromatic carbocycles. The summed E-state index contributed by atoms with van der Waals surface area (Å²) in [6.45, 7) is 0. The number of hydrogen-bond donors (Lipinski definition) is 0. The van der Waals surface area contributed by atoms with Gasteiger partial charge in [0.25, 0.3) is 0 Å². The normalized spacial score (nSPS) is 13.1. The zero-order valence-electron chi connectivity index (χ0n) is 28.9. The van der Waals surface area contributed by atoms with E-state index in [2.05, 4.69) is 199 Å². The molecule has 10 aromatic rings. The summed E-state index contributed by atoms with van der Waals surface area (Å²) in [7, 11) is 0. The van der Waals surface area contributed by atoms with Crippen LogP contribution in [0.3, 0.4) is 0 Å². The van der Waals surface area contributed by atoms with Crippen molar-refractivity contribution in [3.8, 4) is 11.1 Å². The van der Waals surface area contributed by atoms with Gasteiger partial charge in [-0.2, -0.15) is 0 Å². The predicted octanol–water partition coefficient (Wildman–Crippen LogP) is 13.7. The topological polar surface area (TPSA) is 16.4 Å². The molecular weight excluding hydrogens is 643 g/mol. The zero-order valence-corrected chi connectivity index (χ0v) is 28.9. The van der Waals surface area contributed by atoms with Gasteiger partial charge in [-0.15, -0.1) is 0 Å². The van der Waals surface area contributed by atoms with Crippen molar-refractivity contribution in [2.75, 3.05) is 4.90 Å². The van der Waals surface area contributed by atoms with Crippen molar-refractivity contribution in [1.82, 2.24) is 0 Å². The van der Waals surface area contributed by atoms with E-state index in [0.29, 0.717) is 0 Å². The average Bonchev–Trinajstić information content (AvgIpc) is 3.77. The number of anilines is 3. The first-order chi connectivity index (χ1) is 26.3. The molecule has 2 nitrogen and oxygen atoms in total. The highest BCUT2D eigenvalue weighted by atomic mass is 16.3. The molecule has 2 heteroatoms. The van der Waals surface area contributed by atoms with Crippen LogP contribution < -0.4 is 4.90 Å². The Morgan fingerprint density at radius 2 is 0.943 bits per heavy atom. The van der Waals surface area contributed by atoms with Gasteiger partial charge in [-0.05, 0) is 91.3 Å². The Balaban J connectivity index is 1.21. The summed E-state index contributed by atoms with van der Waals surface area (Å²) in [4.78, 5) is 2.33. The molecule has 0 saturated carbocycles. The van der Waals surface area contributed by atoms with E-state index in [1.807, 2.05) is 6.07 Å². The van der Waals surface area contributed by atoms with Gasteiger partial charge in [-0.25, -0.2) is 0 Å². The van der Waals surface area contributed by atoms with Crippen LogP contribution in [0.5, 0.6) is 0 Å². The minimum atomic E-state index is -0.534. The van der Waals surface area contributed by atoms with Crippen LogP contribution in [0.1, 0.15) is 22.3 Å². The summed E-state index contributed by atoms with van der Waals surface area (Å²) in [5.74, 6) is 0. The van der Waals surface area contributed by atoms with Gasteiger partial charge in [0.05, 0.1) is 11.1 Å². The maximum atomic E-state index is 6.61. The fourth-order valence-corrected chi connectivity index (χ4v) is 9.14. The van der Waals surface area contributed by atoms with Crippen molar-refractivity contribution in [2.24, 2.45) is 0 Å². The number of fused-ring (bicyclic) bond motifs is 10. The zero-order chi connectivity index (χ0) is 34.9. The van der Waals surface area contributed by atoms with E-state index in [1.165, 1.54) is 54.9 Å². The highest BCUT2D eigenvalue weighted by molar-refractivity contribution is 6.11. The molecule has 1 aliphatic rings. The third-order valence-electron chi connectivity index (χ3n) is 11.3. The summed E-state index contributed by atoms with van der Waals surface area (Å²) in [5.41, 5.74) is 12.2. The Labute approximate surface area is 307 Å². The fourth-order valence-electron chi connectivity index (χ4n) is 9.14. The van der Waals surface area contributed by atoms with Crippen LogP contribution in [0, 0.1) is 0 Å². The van der Waals surface area contributed by atoms with Crippen molar-refractivity contribution in [3.05, 3.63) is 222 Å². The minimum absolute atomic E-state index is 0.534. The van der Waals surface area contributed by atoms with Gasteiger partial charge in [0.1, 0.15) is 5.58 Å². The van der Waals surface area contributed by atoms with Gasteiger partial charge < -0.3 is 9.32 Å². The molecule has 0 spiro atoms. The summed E-state index contributed by atoms with van der Waals surface area (Å²) in [6.07, 6.45) is 0. The van der Waals surface area contributed by atoms with Crippen molar-refractivity contribution in [2.45, 2.75) is 5.41 Å². The van der Waals surface area contributed by atoms with Crippen molar-refractivity contribution in [3.63, 3.8) is 0 Å². The first-order valence-corrected chi connectivity index (χ1v) is 18.3. The van der Waals surface area contributed by atoms with Gasteiger partial charge in [-0.3, -0.25) is 0 Å². The van der Waals surface area contributed by atoms with Gasteiger partial charge in [0.2, 0.25) is 0 Å². The molecule has 0 atom stereocenters. The highest BCUT2D eigenvalue weighted by Gasteiger charge is 2.48. The maximum absolute atomic E-state index is 6.61. The SMILES string of the molecule is c1ccc(N(c2ccc3c4c(ccc3c2)-c2ccc3ccccc3c2C4(c2ccccc2)c2ccccc2)c2cccc3c2oc2ccccc23)cc1. The van der Waals surface area contributed by atoms with E-state index in [4.69, 9.17) is 4.42 Å². The Bertz CT molecular complexity index is 2960. The highest BCUT2D eigenvalue weighted by Crippen LogP contribution is 2.60. The number of furan rings is 1. The van der Waals surface area contributed by atoms with Crippen LogP contribution in [0.15, 0.2) is 205 Å². The molecular formula is C51H33NO. The Kier molecular flexibility index (Phi) is 6.50. The number of hydrogen-bond acceptors (Lipinski definition) is 2. The van der Waals surface area contributed by atoms with E-state index >= 15 is 0 Å². The molecule has 0 bridgehead atoms. The number of benzene rings is 9. The minimum Gasteiger partial charge on any atom is -0.454 e. The van der Waals surface area contributed by atoms with E-state index in [-0.39, 0.29) is 0 Å². The molecule has 0 N–H and O–H groups in total. The van der Waals surface area contributed by atoms with Crippen LogP contribution in [0.2, 0.25) is 0 Å². The molecule has 0 fully saturated rings. The molecule has 1 heterocycles. The molecule has 53 heavy (non-hydrogen) atoms. The van der Waals surface area contributed by atoms with Gasteiger partial charge in [0, 0.05) is 22.1 Å². The molecule has 0 radical (unpaired) electrons. The lowest BCUT2D eigenvalue weighted by molar-refractivity contribution is 0.669. The Hall–Kier alpha value is -6.90. The lowest BCUT2D eigenvalue weighted by atomic mass is 9.66. The summed E-state index contributed by atoms with van der Waals surface area (Å²) in [5, 5.41) is 7.20. The lowest BCUT2D eigenvalue weighted by Crippen LogP contribution is -2.29. The molecule has 1 aliphatic carbocycles. The number of para-hydroxylation sites is 3. The van der Waals surface area contributed by atoms with E-state index < -0.39 is 5.41 Å². The second-order valence-electron chi connectivity index (χ2n) is 14.0. The smallest absolute Gasteiger partial charge is 0.159 e. The third-order valence-corrected chi connectivity index (χ3v) is 11.3. The summed E-state index contributed by atoms with van der Waals surface area (Å²) >= 11 is 0. The first kappa shape index (κ1) is 29.8. The van der Waals surface area contributed by atoms with Crippen LogP contribution in [0.4, 0.5) is 17.1 Å². The molecule has 0 saturated heterocycles. The monoisotopic (exact) mass is 675 g/mol.